The molecule has 168 valence electrons. The van der Waals surface area contributed by atoms with Crippen molar-refractivity contribution in [3.8, 4) is 11.3 Å². The fourth-order valence-electron chi connectivity index (χ4n) is 4.00. The highest BCUT2D eigenvalue weighted by atomic mass is 19.1. The number of aryl methyl sites for hydroxylation is 1. The van der Waals surface area contributed by atoms with Crippen LogP contribution in [0, 0.1) is 18.6 Å². The maximum atomic E-state index is 15.0. The summed E-state index contributed by atoms with van der Waals surface area (Å²) in [6.07, 6.45) is 2.10. The summed E-state index contributed by atoms with van der Waals surface area (Å²) in [6, 6.07) is 5.33. The molecule has 1 aromatic carbocycles. The Balaban J connectivity index is 1.82. The molecule has 0 radical (unpaired) electrons. The summed E-state index contributed by atoms with van der Waals surface area (Å²) in [4.78, 5) is 29.0. The van der Waals surface area contributed by atoms with Crippen molar-refractivity contribution in [3.05, 3.63) is 53.2 Å². The average molecular weight is 443 g/mol. The number of rotatable bonds is 4. The number of carbonyl (C=O) groups excluding carboxylic acids is 1. The molecule has 0 unspecified atom stereocenters. The van der Waals surface area contributed by atoms with Crippen LogP contribution in [-0.4, -0.2) is 57.6 Å². The summed E-state index contributed by atoms with van der Waals surface area (Å²) >= 11 is 0. The van der Waals surface area contributed by atoms with Crippen LogP contribution >= 0.6 is 0 Å². The lowest BCUT2D eigenvalue weighted by Crippen LogP contribution is -2.44. The summed E-state index contributed by atoms with van der Waals surface area (Å²) in [5.41, 5.74) is 0.979. The molecule has 0 aliphatic carbocycles. The third-order valence-electron chi connectivity index (χ3n) is 5.58. The molecule has 32 heavy (non-hydrogen) atoms. The van der Waals surface area contributed by atoms with E-state index in [0.29, 0.717) is 30.9 Å². The number of benzene rings is 1. The van der Waals surface area contributed by atoms with Gasteiger partial charge >= 0.3 is 6.09 Å². The van der Waals surface area contributed by atoms with E-state index in [0.717, 1.165) is 17.7 Å². The van der Waals surface area contributed by atoms with Gasteiger partial charge in [0.05, 0.1) is 5.56 Å². The largest absolute Gasteiger partial charge is 0.465 e. The van der Waals surface area contributed by atoms with Gasteiger partial charge in [0.15, 0.2) is 0 Å². The number of fused-ring (bicyclic) bond motifs is 1. The van der Waals surface area contributed by atoms with Crippen LogP contribution < -0.4 is 10.6 Å². The maximum absolute atomic E-state index is 15.0. The third kappa shape index (κ3) is 3.95. The van der Waals surface area contributed by atoms with E-state index in [1.54, 1.807) is 16.7 Å². The lowest BCUT2D eigenvalue weighted by atomic mass is 10.0. The van der Waals surface area contributed by atoms with Crippen LogP contribution in [0.4, 0.5) is 19.4 Å². The predicted octanol–water partition coefficient (Wildman–Crippen LogP) is 3.50. The zero-order valence-electron chi connectivity index (χ0n) is 17.7. The average Bonchev–Trinajstić information content (AvgIpc) is 3.09. The molecule has 2 amide bonds. The second-order valence-corrected chi connectivity index (χ2v) is 7.85. The molecule has 4 rings (SSSR count). The van der Waals surface area contributed by atoms with Crippen LogP contribution in [-0.2, 0) is 0 Å². The number of nitrogens with one attached hydrogen (secondary N) is 2. The van der Waals surface area contributed by atoms with Crippen molar-refractivity contribution in [1.29, 1.82) is 0 Å². The SMILES string of the molecule is CNC(=O)c1cc(F)c(-c2nc3cc(C)ccn3c2N[C@@H]2CCCN(C(=O)O)C2)c(F)c1. The Morgan fingerprint density at radius 2 is 1.94 bits per heavy atom. The monoisotopic (exact) mass is 443 g/mol. The van der Waals surface area contributed by atoms with Gasteiger partial charge in [0.2, 0.25) is 0 Å². The molecule has 2 aromatic heterocycles. The number of anilines is 1. The molecule has 0 saturated carbocycles. The van der Waals surface area contributed by atoms with Crippen molar-refractivity contribution in [2.75, 3.05) is 25.5 Å². The molecule has 0 bridgehead atoms. The zero-order valence-corrected chi connectivity index (χ0v) is 17.7. The van der Waals surface area contributed by atoms with Gasteiger partial charge in [0.1, 0.15) is 28.8 Å². The van der Waals surface area contributed by atoms with Crippen molar-refractivity contribution in [1.82, 2.24) is 19.6 Å². The van der Waals surface area contributed by atoms with Crippen molar-refractivity contribution in [3.63, 3.8) is 0 Å². The summed E-state index contributed by atoms with van der Waals surface area (Å²) in [5.74, 6) is -2.07. The molecule has 8 nitrogen and oxygen atoms in total. The number of imidazole rings is 1. The van der Waals surface area contributed by atoms with Gasteiger partial charge in [0, 0.05) is 37.9 Å². The van der Waals surface area contributed by atoms with Crippen LogP contribution in [0.15, 0.2) is 30.5 Å². The molecule has 0 spiro atoms. The number of halogens is 2. The first-order valence-electron chi connectivity index (χ1n) is 10.2. The molecule has 3 aromatic rings. The second-order valence-electron chi connectivity index (χ2n) is 7.85. The van der Waals surface area contributed by atoms with Gasteiger partial charge in [-0.05, 0) is 49.6 Å². The number of amides is 2. The quantitative estimate of drug-likeness (QED) is 0.573. The van der Waals surface area contributed by atoms with Gasteiger partial charge in [-0.2, -0.15) is 0 Å². The van der Waals surface area contributed by atoms with Crippen LogP contribution in [0.25, 0.3) is 16.9 Å². The number of carbonyl (C=O) groups is 2. The van der Waals surface area contributed by atoms with E-state index < -0.39 is 23.6 Å². The Bertz CT molecular complexity index is 1190. The molecule has 1 saturated heterocycles. The van der Waals surface area contributed by atoms with Crippen LogP contribution in [0.3, 0.4) is 0 Å². The van der Waals surface area contributed by atoms with Gasteiger partial charge in [-0.3, -0.25) is 9.20 Å². The molecular weight excluding hydrogens is 420 g/mol. The van der Waals surface area contributed by atoms with E-state index in [4.69, 9.17) is 0 Å². The number of pyridine rings is 1. The topological polar surface area (TPSA) is 99.0 Å². The van der Waals surface area contributed by atoms with E-state index in [1.807, 2.05) is 13.0 Å². The minimum Gasteiger partial charge on any atom is -0.465 e. The summed E-state index contributed by atoms with van der Waals surface area (Å²) in [7, 11) is 1.38. The number of nitrogens with zero attached hydrogens (tertiary/aromatic N) is 3. The van der Waals surface area contributed by atoms with Gasteiger partial charge in [-0.25, -0.2) is 18.6 Å². The van der Waals surface area contributed by atoms with Gasteiger partial charge in [0.25, 0.3) is 5.91 Å². The molecular formula is C22H23F2N5O3. The van der Waals surface area contributed by atoms with Crippen molar-refractivity contribution in [2.45, 2.75) is 25.8 Å². The Labute approximate surface area is 182 Å². The molecule has 1 aliphatic rings. The van der Waals surface area contributed by atoms with Gasteiger partial charge in [-0.15, -0.1) is 0 Å². The fourth-order valence-corrected chi connectivity index (χ4v) is 4.00. The molecule has 1 atom stereocenters. The van der Waals surface area contributed by atoms with E-state index in [9.17, 15) is 14.7 Å². The van der Waals surface area contributed by atoms with E-state index in [2.05, 4.69) is 15.6 Å². The number of carboxylic acid groups (broad SMARTS) is 1. The fraction of sp³-hybridized carbons (Fsp3) is 0.318. The number of hydrogen-bond acceptors (Lipinski definition) is 4. The Hall–Kier alpha value is -3.69. The highest BCUT2D eigenvalue weighted by Gasteiger charge is 2.27. The van der Waals surface area contributed by atoms with Crippen molar-refractivity contribution >= 4 is 23.5 Å². The molecule has 10 heteroatoms. The predicted molar refractivity (Wildman–Crippen MR) is 115 cm³/mol. The first kappa shape index (κ1) is 21.5. The number of piperidine rings is 1. The molecule has 1 fully saturated rings. The lowest BCUT2D eigenvalue weighted by molar-refractivity contribution is 0.0962. The zero-order chi connectivity index (χ0) is 23.0. The maximum Gasteiger partial charge on any atom is 0.407 e. The Kier molecular flexibility index (Phi) is 5.68. The normalized spacial score (nSPS) is 16.2. The van der Waals surface area contributed by atoms with Crippen molar-refractivity contribution in [2.24, 2.45) is 0 Å². The van der Waals surface area contributed by atoms with Crippen LogP contribution in [0.5, 0.6) is 0 Å². The number of aromatic nitrogens is 2. The minimum absolute atomic E-state index is 0.0569. The lowest BCUT2D eigenvalue weighted by Gasteiger charge is -2.31. The third-order valence-corrected chi connectivity index (χ3v) is 5.58. The van der Waals surface area contributed by atoms with Crippen LogP contribution in [0.1, 0.15) is 28.8 Å². The van der Waals surface area contributed by atoms with E-state index in [1.165, 1.54) is 11.9 Å². The molecule has 1 aliphatic heterocycles. The standard InChI is InChI=1S/C22H23F2N5O3/c1-12-5-7-29-17(8-12)27-19(18-15(23)9-13(10-16(18)24)21(30)25-2)20(29)26-14-4-3-6-28(11-14)22(31)32/h5,7-10,14,26H,3-4,6,11H2,1-2H3,(H,25,30)(H,31,32)/t14-/m1/s1. The number of likely N-dealkylation sites (tertiary alicyclic amines) is 1. The Morgan fingerprint density at radius 3 is 2.59 bits per heavy atom. The summed E-state index contributed by atoms with van der Waals surface area (Å²) in [6.45, 7) is 2.57. The van der Waals surface area contributed by atoms with Gasteiger partial charge < -0.3 is 20.6 Å². The van der Waals surface area contributed by atoms with E-state index in [-0.39, 0.29) is 29.4 Å². The highest BCUT2D eigenvalue weighted by Crippen LogP contribution is 2.34. The second kappa shape index (κ2) is 8.45. The first-order chi connectivity index (χ1) is 15.3. The van der Waals surface area contributed by atoms with Crippen molar-refractivity contribution < 1.29 is 23.5 Å². The molecule has 3 heterocycles. The van der Waals surface area contributed by atoms with Gasteiger partial charge in [-0.1, -0.05) is 0 Å². The molecule has 3 N–H and O–H groups in total. The summed E-state index contributed by atoms with van der Waals surface area (Å²) < 4.78 is 31.8. The van der Waals surface area contributed by atoms with E-state index >= 15 is 8.78 Å². The Morgan fingerprint density at radius 1 is 1.22 bits per heavy atom. The minimum atomic E-state index is -1.01. The number of hydrogen-bond donors (Lipinski definition) is 3. The highest BCUT2D eigenvalue weighted by molar-refractivity contribution is 5.94. The first-order valence-corrected chi connectivity index (χ1v) is 10.2. The smallest absolute Gasteiger partial charge is 0.407 e. The summed E-state index contributed by atoms with van der Waals surface area (Å²) in [5, 5.41) is 14.9. The van der Waals surface area contributed by atoms with Crippen LogP contribution in [0.2, 0.25) is 0 Å².